The molecule has 0 N–H and O–H groups in total. The lowest BCUT2D eigenvalue weighted by molar-refractivity contribution is -0.661. The van der Waals surface area contributed by atoms with E-state index < -0.39 is 46.0 Å². The second-order valence-electron chi connectivity index (χ2n) is 26.7. The van der Waals surface area contributed by atoms with Crippen LogP contribution >= 0.6 is 0 Å². The highest BCUT2D eigenvalue weighted by Gasteiger charge is 2.25. The van der Waals surface area contributed by atoms with E-state index in [0.29, 0.717) is 17.0 Å². The molecule has 0 amide bonds. The summed E-state index contributed by atoms with van der Waals surface area (Å²) in [7, 11) is 9.50. The largest absolute Gasteiger partial charge is 0.212 e. The van der Waals surface area contributed by atoms with E-state index in [4.69, 9.17) is 24.7 Å². The molecule has 5 aromatic heterocycles. The van der Waals surface area contributed by atoms with Gasteiger partial charge in [0.25, 0.3) is 0 Å². The van der Waals surface area contributed by atoms with E-state index in [1.54, 1.807) is 74.0 Å². The molecule has 1 atom stereocenters. The highest BCUT2D eigenvalue weighted by molar-refractivity contribution is 5.65. The van der Waals surface area contributed by atoms with Gasteiger partial charge in [0.05, 0.1) is 0 Å². The van der Waals surface area contributed by atoms with Gasteiger partial charge in [-0.2, -0.15) is 0 Å². The van der Waals surface area contributed by atoms with Crippen LogP contribution in [0.15, 0.2) is 183 Å². The minimum Gasteiger partial charge on any atom is -0.201 e. The van der Waals surface area contributed by atoms with Crippen molar-refractivity contribution < 1.29 is 47.5 Å². The molecule has 5 heteroatoms. The average molecular weight is 1290 g/mol. The van der Waals surface area contributed by atoms with Crippen LogP contribution in [0.25, 0.3) is 56.3 Å². The molecule has 1 unspecified atom stereocenters. The molecule has 1 aliphatic rings. The first-order chi connectivity index (χ1) is 52.1. The molecular weight excluding hydrogens is 1150 g/mol. The number of hydrogen-bond acceptors (Lipinski definition) is 0. The molecule has 11 rings (SSSR count). The van der Waals surface area contributed by atoms with Gasteiger partial charge in [0.15, 0.2) is 31.0 Å². The van der Waals surface area contributed by atoms with Crippen molar-refractivity contribution in [2.75, 3.05) is 0 Å². The molecule has 1 saturated carbocycles. The van der Waals surface area contributed by atoms with Gasteiger partial charge in [-0.3, -0.25) is 0 Å². The van der Waals surface area contributed by atoms with E-state index in [1.807, 2.05) is 136 Å². The summed E-state index contributed by atoms with van der Waals surface area (Å²) < 4.78 is 153. The quantitative estimate of drug-likeness (QED) is 0.103. The highest BCUT2D eigenvalue weighted by Crippen LogP contribution is 2.37. The van der Waals surface area contributed by atoms with Crippen LogP contribution in [0.5, 0.6) is 0 Å². The maximum Gasteiger partial charge on any atom is 0.212 e. The summed E-state index contributed by atoms with van der Waals surface area (Å²) in [4.78, 5) is 0. The molecular formula is C90H118N5+5. The third-order valence-corrected chi connectivity index (χ3v) is 17.8. The van der Waals surface area contributed by atoms with Crippen molar-refractivity contribution in [2.24, 2.45) is 47.1 Å². The van der Waals surface area contributed by atoms with E-state index in [-0.39, 0.29) is 40.0 Å². The number of benzene rings is 5. The van der Waals surface area contributed by atoms with Crippen LogP contribution in [0.4, 0.5) is 0 Å². The average Bonchev–Trinajstić information content (AvgIpc) is 1.20. The van der Waals surface area contributed by atoms with Crippen molar-refractivity contribution in [1.82, 2.24) is 0 Å². The van der Waals surface area contributed by atoms with Gasteiger partial charge in [-0.25, -0.2) is 22.8 Å². The van der Waals surface area contributed by atoms with Crippen LogP contribution in [-0.2, 0) is 54.4 Å². The van der Waals surface area contributed by atoms with Gasteiger partial charge < -0.3 is 0 Å². The van der Waals surface area contributed by atoms with Gasteiger partial charge in [-0.05, 0) is 210 Å². The first kappa shape index (κ1) is 52.1. The summed E-state index contributed by atoms with van der Waals surface area (Å²) in [6.07, 6.45) is 10.5. The SMILES string of the molecule is [2H]C([2H])(C)c1cc(-c2ccccc2C)[n+](C)cc1C([2H])(C)C([2H])([2H])[2H].[2H]C([2H])([2H])c1c[n+](C)c(-c2ccccc2C)cc1C(C)C.[2H]C([2H])([2H])c1c[n+](C)c(-c2ccccc2C)cc1C([2H])([2H])C(C)C.[2H]C([2H])([2H])c1c[n+](C)c(-c2ccccc2C)cc1CC(C)C.[2H]C1(c2c[n+](C)c(-c3ccccc3C)cc2C)CCCC1. The Morgan fingerprint density at radius 2 is 0.768 bits per heavy atom. The zero-order valence-corrected chi connectivity index (χ0v) is 60.3. The van der Waals surface area contributed by atoms with Crippen LogP contribution in [0.1, 0.15) is 214 Å². The van der Waals surface area contributed by atoms with Crippen molar-refractivity contribution >= 4 is 0 Å². The monoisotopic (exact) mass is 1290 g/mol. The smallest absolute Gasteiger partial charge is 0.201 e. The van der Waals surface area contributed by atoms with Crippen LogP contribution < -0.4 is 22.8 Å². The molecule has 10 aromatic rings. The van der Waals surface area contributed by atoms with Crippen molar-refractivity contribution in [3.8, 4) is 56.3 Å². The van der Waals surface area contributed by atoms with Crippen molar-refractivity contribution in [2.45, 2.75) is 187 Å². The number of hydrogen-bond donors (Lipinski definition) is 0. The summed E-state index contributed by atoms with van der Waals surface area (Å²) >= 11 is 0. The van der Waals surface area contributed by atoms with Gasteiger partial charge in [-0.1, -0.05) is 166 Å². The lowest BCUT2D eigenvalue weighted by Crippen LogP contribution is -2.32. The van der Waals surface area contributed by atoms with Gasteiger partial charge in [0.1, 0.15) is 35.2 Å². The first-order valence-electron chi connectivity index (χ1n) is 42.6. The van der Waals surface area contributed by atoms with Gasteiger partial charge >= 0.3 is 0 Å². The number of pyridine rings is 5. The van der Waals surface area contributed by atoms with E-state index in [0.717, 1.165) is 86.5 Å². The molecule has 1 fully saturated rings. The Hall–Kier alpha value is -8.15. The predicted octanol–water partition coefficient (Wildman–Crippen LogP) is 20.5. The summed E-state index contributed by atoms with van der Waals surface area (Å²) in [5.41, 5.74) is 22.1. The molecule has 95 heavy (non-hydrogen) atoms. The molecule has 0 spiro atoms. The maximum atomic E-state index is 8.76. The molecule has 5 heterocycles. The normalized spacial score (nSPS) is 16.6. The van der Waals surface area contributed by atoms with Crippen LogP contribution in [0.2, 0.25) is 0 Å². The maximum absolute atomic E-state index is 8.76. The summed E-state index contributed by atoms with van der Waals surface area (Å²) in [6.45, 7) is 17.9. The topological polar surface area (TPSA) is 19.4 Å². The lowest BCUT2D eigenvalue weighted by atomic mass is 9.93. The van der Waals surface area contributed by atoms with Crippen LogP contribution in [-0.4, -0.2) is 0 Å². The number of aryl methyl sites for hydroxylation is 15. The molecule has 0 aliphatic heterocycles. The molecule has 498 valence electrons. The Bertz CT molecular complexity index is 4970. The molecule has 0 saturated heterocycles. The van der Waals surface area contributed by atoms with E-state index >= 15 is 0 Å². The molecule has 1 aliphatic carbocycles. The second-order valence-corrected chi connectivity index (χ2v) is 26.7. The third-order valence-electron chi connectivity index (χ3n) is 17.8. The van der Waals surface area contributed by atoms with E-state index in [1.165, 1.54) is 65.8 Å². The Morgan fingerprint density at radius 3 is 1.15 bits per heavy atom. The third kappa shape index (κ3) is 19.5. The van der Waals surface area contributed by atoms with Gasteiger partial charge in [-0.15, -0.1) is 0 Å². The van der Waals surface area contributed by atoms with Gasteiger partial charge in [0.2, 0.25) is 28.5 Å². The molecule has 0 radical (unpaired) electrons. The Morgan fingerprint density at radius 1 is 0.411 bits per heavy atom. The minimum absolute atomic E-state index is 0.0704. The summed E-state index contributed by atoms with van der Waals surface area (Å²) in [5.74, 6) is -2.03. The fourth-order valence-electron chi connectivity index (χ4n) is 12.5. The van der Waals surface area contributed by atoms with Crippen molar-refractivity contribution in [3.05, 3.63) is 266 Å². The Kier molecular flexibility index (Phi) is 18.9. The van der Waals surface area contributed by atoms with E-state index in [9.17, 15) is 0 Å². The molecule has 5 nitrogen and oxygen atoms in total. The summed E-state index contributed by atoms with van der Waals surface area (Å²) in [6, 6.07) is 50.2. The van der Waals surface area contributed by atoms with Crippen LogP contribution in [0.3, 0.4) is 0 Å². The molecule has 5 aromatic carbocycles. The highest BCUT2D eigenvalue weighted by atomic mass is 14.9. The van der Waals surface area contributed by atoms with Crippen LogP contribution in [0, 0.1) is 73.9 Å². The second kappa shape index (κ2) is 34.5. The molecule has 0 bridgehead atoms. The Balaban J connectivity index is 0.000000196. The van der Waals surface area contributed by atoms with Crippen molar-refractivity contribution in [1.29, 1.82) is 0 Å². The number of rotatable bonds is 13. The minimum atomic E-state index is -2.57. The first-order valence-corrected chi connectivity index (χ1v) is 33.6. The standard InChI is InChI=1S/C19H24N.3C18H24N.C17H22N/c1-14-8-4-7-11-17(14)19-12-15(2)18(13-20(19)3)16-9-5-6-10-16;2*1-13(2)10-16-11-18(19(5)12-15(16)4)17-9-7-6-8-14(17)3;1-6-15-11-18(16-10-8-7-9-14(16)4)19(5)12-17(15)13(2)3;1-12(2)16-10-17(18(5)11-14(16)4)15-9-7-6-8-13(15)3/h4,7-8,11-13,16H,5-6,9-10H2,1-3H3;2*6-9,11-13H,10H2,1-5H3;7-13H,6H2,1-5H3;6-12H,1-5H3/q5*+1/i16D;4D3,10D2;4D3;2D3,6D2,13D;4D3. The van der Waals surface area contributed by atoms with Gasteiger partial charge in [0, 0.05) is 111 Å². The fraction of sp³-hybridized carbons (Fsp3) is 0.389. The fourth-order valence-corrected chi connectivity index (χ4v) is 12.5. The zero-order valence-electron chi connectivity index (χ0n) is 78.3. The predicted molar refractivity (Wildman–Crippen MR) is 404 cm³/mol. The van der Waals surface area contributed by atoms with Crippen molar-refractivity contribution in [3.63, 3.8) is 0 Å². The lowest BCUT2D eigenvalue weighted by Gasteiger charge is -2.13. The zero-order chi connectivity index (χ0) is 84.8. The van der Waals surface area contributed by atoms with E-state index in [2.05, 4.69) is 114 Å². The summed E-state index contributed by atoms with van der Waals surface area (Å²) in [5, 5.41) is 0. The Labute approximate surface area is 601 Å². The number of aromatic nitrogens is 5. The number of nitrogens with zero attached hydrogens (tertiary/aromatic N) is 5.